The summed E-state index contributed by atoms with van der Waals surface area (Å²) < 4.78 is 1.24. The van der Waals surface area contributed by atoms with Gasteiger partial charge >= 0.3 is 5.97 Å². The van der Waals surface area contributed by atoms with E-state index in [1.807, 2.05) is 18.4 Å². The molecule has 0 saturated carbocycles. The van der Waals surface area contributed by atoms with Gasteiger partial charge in [0.15, 0.2) is 0 Å². The van der Waals surface area contributed by atoms with E-state index in [-0.39, 0.29) is 5.25 Å². The van der Waals surface area contributed by atoms with E-state index in [1.165, 1.54) is 4.21 Å². The van der Waals surface area contributed by atoms with E-state index in [1.54, 1.807) is 30.0 Å². The van der Waals surface area contributed by atoms with Crippen LogP contribution in [0.15, 0.2) is 21.7 Å². The number of hydrogen-bond acceptors (Lipinski definition) is 4. The van der Waals surface area contributed by atoms with Gasteiger partial charge in [0.25, 0.3) is 0 Å². The Kier molecular flexibility index (Phi) is 6.18. The minimum Gasteiger partial charge on any atom is -0.480 e. The Morgan fingerprint density at radius 2 is 2.39 bits per heavy atom. The Bertz CT molecular complexity index is 367. The maximum Gasteiger partial charge on any atom is 0.323 e. The lowest BCUT2D eigenvalue weighted by Crippen LogP contribution is -2.51. The summed E-state index contributed by atoms with van der Waals surface area (Å²) in [7, 11) is 0. The fourth-order valence-corrected chi connectivity index (χ4v) is 4.08. The minimum absolute atomic E-state index is 0.272. The maximum absolute atomic E-state index is 11.4. The van der Waals surface area contributed by atoms with E-state index in [0.29, 0.717) is 6.42 Å². The molecular weight excluding hydrogens is 266 g/mol. The smallest absolute Gasteiger partial charge is 0.323 e. The number of aliphatic carboxylic acids is 1. The van der Waals surface area contributed by atoms with Gasteiger partial charge in [-0.15, -0.1) is 23.1 Å². The molecule has 3 nitrogen and oxygen atoms in total. The number of rotatable bonds is 8. The van der Waals surface area contributed by atoms with Crippen LogP contribution in [0.3, 0.4) is 0 Å². The molecule has 0 aromatic carbocycles. The lowest BCUT2D eigenvalue weighted by Gasteiger charge is -2.28. The van der Waals surface area contributed by atoms with Crippen molar-refractivity contribution in [2.24, 2.45) is 0 Å². The van der Waals surface area contributed by atoms with E-state index >= 15 is 0 Å². The molecule has 0 radical (unpaired) electrons. The highest BCUT2D eigenvalue weighted by atomic mass is 32.2. The van der Waals surface area contributed by atoms with Gasteiger partial charge in [-0.1, -0.05) is 19.9 Å². The molecule has 0 saturated heterocycles. The van der Waals surface area contributed by atoms with Gasteiger partial charge in [0, 0.05) is 5.25 Å². The lowest BCUT2D eigenvalue weighted by atomic mass is 9.96. The van der Waals surface area contributed by atoms with Crippen molar-refractivity contribution in [2.75, 3.05) is 6.54 Å². The van der Waals surface area contributed by atoms with Gasteiger partial charge in [0.2, 0.25) is 0 Å². The minimum atomic E-state index is -0.834. The monoisotopic (exact) mass is 287 g/mol. The van der Waals surface area contributed by atoms with Gasteiger partial charge in [0.05, 0.1) is 4.21 Å². The normalized spacial score (nSPS) is 16.2. The highest BCUT2D eigenvalue weighted by Crippen LogP contribution is 2.31. The molecule has 102 valence electrons. The Balaban J connectivity index is 2.57. The average Bonchev–Trinajstić information content (AvgIpc) is 2.78. The van der Waals surface area contributed by atoms with E-state index in [4.69, 9.17) is 0 Å². The van der Waals surface area contributed by atoms with Crippen molar-refractivity contribution in [3.63, 3.8) is 0 Å². The third-order valence-corrected chi connectivity index (χ3v) is 4.92. The van der Waals surface area contributed by atoms with Crippen LogP contribution in [0.2, 0.25) is 0 Å². The van der Waals surface area contributed by atoms with Crippen molar-refractivity contribution in [2.45, 2.75) is 48.6 Å². The molecule has 0 bridgehead atoms. The molecule has 1 rings (SSSR count). The molecular formula is C13H21NO2S2. The summed E-state index contributed by atoms with van der Waals surface area (Å²) in [4.78, 5) is 11.4. The molecule has 18 heavy (non-hydrogen) atoms. The van der Waals surface area contributed by atoms with Gasteiger partial charge in [-0.3, -0.25) is 4.79 Å². The molecule has 5 heteroatoms. The molecule has 2 N–H and O–H groups in total. The van der Waals surface area contributed by atoms with Crippen LogP contribution in [0.1, 0.15) is 33.6 Å². The van der Waals surface area contributed by atoms with Crippen molar-refractivity contribution in [1.29, 1.82) is 0 Å². The van der Waals surface area contributed by atoms with Crippen LogP contribution < -0.4 is 5.32 Å². The van der Waals surface area contributed by atoms with Crippen LogP contribution in [0, 0.1) is 0 Å². The Hall–Kier alpha value is -0.520. The zero-order valence-electron chi connectivity index (χ0n) is 11.1. The standard InChI is InChI=1S/C13H21NO2S2/c1-4-7-14-13(3,12(15)16)9-10(2)18-11-6-5-8-17-11/h5-6,8,10,14H,4,7,9H2,1-3H3,(H,15,16). The summed E-state index contributed by atoms with van der Waals surface area (Å²) in [5.74, 6) is -0.769. The highest BCUT2D eigenvalue weighted by Gasteiger charge is 2.34. The first-order valence-corrected chi connectivity index (χ1v) is 7.92. The van der Waals surface area contributed by atoms with Gasteiger partial charge in [-0.2, -0.15) is 0 Å². The van der Waals surface area contributed by atoms with Crippen molar-refractivity contribution < 1.29 is 9.90 Å². The molecule has 0 spiro atoms. The molecule has 0 aliphatic rings. The van der Waals surface area contributed by atoms with E-state index in [0.717, 1.165) is 13.0 Å². The summed E-state index contributed by atoms with van der Waals surface area (Å²) in [6.45, 7) is 6.63. The number of nitrogens with one attached hydrogen (secondary N) is 1. The molecule has 0 aliphatic heterocycles. The third kappa shape index (κ3) is 4.63. The van der Waals surface area contributed by atoms with E-state index < -0.39 is 11.5 Å². The number of thioether (sulfide) groups is 1. The number of hydrogen-bond donors (Lipinski definition) is 2. The third-order valence-electron chi connectivity index (χ3n) is 2.75. The van der Waals surface area contributed by atoms with Crippen LogP contribution in [-0.4, -0.2) is 28.4 Å². The fourth-order valence-electron chi connectivity index (χ4n) is 1.78. The molecule has 0 aliphatic carbocycles. The Labute approximate surface area is 117 Å². The molecule has 0 amide bonds. The SMILES string of the molecule is CCCNC(C)(CC(C)Sc1cccs1)C(=O)O. The number of carbonyl (C=O) groups is 1. The number of thiophene rings is 1. The van der Waals surface area contributed by atoms with Crippen molar-refractivity contribution in [3.05, 3.63) is 17.5 Å². The second-order valence-electron chi connectivity index (χ2n) is 4.63. The van der Waals surface area contributed by atoms with Crippen LogP contribution in [0.4, 0.5) is 0 Å². The predicted molar refractivity (Wildman–Crippen MR) is 78.6 cm³/mol. The van der Waals surface area contributed by atoms with Crippen molar-refractivity contribution in [3.8, 4) is 0 Å². The van der Waals surface area contributed by atoms with Crippen molar-refractivity contribution in [1.82, 2.24) is 5.32 Å². The second kappa shape index (κ2) is 7.16. The quantitative estimate of drug-likeness (QED) is 0.719. The predicted octanol–water partition coefficient (Wildman–Crippen LogP) is 3.46. The number of carboxylic acids is 1. The average molecular weight is 287 g/mol. The summed E-state index contributed by atoms with van der Waals surface area (Å²) in [6, 6.07) is 4.09. The van der Waals surface area contributed by atoms with E-state index in [9.17, 15) is 9.90 Å². The Morgan fingerprint density at radius 3 is 2.89 bits per heavy atom. The molecule has 2 unspecified atom stereocenters. The second-order valence-corrected chi connectivity index (χ2v) is 7.32. The van der Waals surface area contributed by atoms with Crippen molar-refractivity contribution >= 4 is 29.1 Å². The first kappa shape index (κ1) is 15.5. The summed E-state index contributed by atoms with van der Waals surface area (Å²) in [5, 5.41) is 14.8. The lowest BCUT2D eigenvalue weighted by molar-refractivity contribution is -0.144. The van der Waals surface area contributed by atoms with Crippen LogP contribution in [0.25, 0.3) is 0 Å². The zero-order valence-corrected chi connectivity index (χ0v) is 12.7. The molecule has 2 atom stereocenters. The van der Waals surface area contributed by atoms with E-state index in [2.05, 4.69) is 18.3 Å². The van der Waals surface area contributed by atoms with Gasteiger partial charge in [-0.25, -0.2) is 0 Å². The largest absolute Gasteiger partial charge is 0.480 e. The topological polar surface area (TPSA) is 49.3 Å². The van der Waals surface area contributed by atoms with Gasteiger partial charge in [0.1, 0.15) is 5.54 Å². The summed E-state index contributed by atoms with van der Waals surface area (Å²) in [6.07, 6.45) is 1.56. The van der Waals surface area contributed by atoms with Gasteiger partial charge in [-0.05, 0) is 37.8 Å². The van der Waals surface area contributed by atoms with Crippen LogP contribution in [0.5, 0.6) is 0 Å². The molecule has 1 aromatic rings. The molecule has 1 heterocycles. The Morgan fingerprint density at radius 1 is 1.67 bits per heavy atom. The molecule has 1 aromatic heterocycles. The van der Waals surface area contributed by atoms with Crippen LogP contribution >= 0.6 is 23.1 Å². The summed E-state index contributed by atoms with van der Waals surface area (Å²) >= 11 is 3.44. The first-order chi connectivity index (χ1) is 8.48. The highest BCUT2D eigenvalue weighted by molar-refractivity contribution is 8.01. The fraction of sp³-hybridized carbons (Fsp3) is 0.615. The summed E-state index contributed by atoms with van der Waals surface area (Å²) in [5.41, 5.74) is -0.834. The number of carboxylic acid groups (broad SMARTS) is 1. The molecule has 0 fully saturated rings. The first-order valence-electron chi connectivity index (χ1n) is 6.16. The van der Waals surface area contributed by atoms with Crippen LogP contribution in [-0.2, 0) is 4.79 Å². The van der Waals surface area contributed by atoms with Gasteiger partial charge < -0.3 is 10.4 Å². The zero-order chi connectivity index (χ0) is 13.6. The maximum atomic E-state index is 11.4.